The first-order chi connectivity index (χ1) is 7.81. The van der Waals surface area contributed by atoms with E-state index in [0.717, 1.165) is 0 Å². The number of hydrogen-bond acceptors (Lipinski definition) is 2. The molecule has 0 amide bonds. The van der Waals surface area contributed by atoms with Crippen LogP contribution in [0.4, 0.5) is 0 Å². The summed E-state index contributed by atoms with van der Waals surface area (Å²) < 4.78 is 0. The van der Waals surface area contributed by atoms with E-state index >= 15 is 0 Å². The summed E-state index contributed by atoms with van der Waals surface area (Å²) in [5, 5.41) is 0. The van der Waals surface area contributed by atoms with Gasteiger partial charge in [-0.3, -0.25) is 9.88 Å². The first kappa shape index (κ1) is 11.6. The number of rotatable bonds is 3. The van der Waals surface area contributed by atoms with Crippen LogP contribution in [-0.4, -0.2) is 23.0 Å². The zero-order chi connectivity index (χ0) is 11.4. The number of pyridine rings is 1. The summed E-state index contributed by atoms with van der Waals surface area (Å²) in [6.45, 7) is 6.86. The fraction of sp³-hybridized carbons (Fsp3) is 0.643. The molecule has 0 aromatic carbocycles. The van der Waals surface area contributed by atoms with Gasteiger partial charge in [0.15, 0.2) is 0 Å². The smallest absolute Gasteiger partial charge is 0.0578 e. The second kappa shape index (κ2) is 5.44. The van der Waals surface area contributed by atoms with Crippen molar-refractivity contribution in [3.63, 3.8) is 0 Å². The fourth-order valence-corrected chi connectivity index (χ4v) is 2.62. The number of piperidine rings is 1. The van der Waals surface area contributed by atoms with E-state index in [2.05, 4.69) is 35.9 Å². The van der Waals surface area contributed by atoms with E-state index in [0.29, 0.717) is 6.04 Å². The average Bonchev–Trinajstić information content (AvgIpc) is 2.30. The maximum atomic E-state index is 4.55. The molecule has 1 unspecified atom stereocenters. The van der Waals surface area contributed by atoms with Crippen molar-refractivity contribution in [1.29, 1.82) is 0 Å². The van der Waals surface area contributed by atoms with E-state index in [9.17, 15) is 0 Å². The highest BCUT2D eigenvalue weighted by atomic mass is 15.2. The summed E-state index contributed by atoms with van der Waals surface area (Å²) in [5.41, 5.74) is 2.60. The molecule has 16 heavy (non-hydrogen) atoms. The maximum absolute atomic E-state index is 4.55. The van der Waals surface area contributed by atoms with Crippen molar-refractivity contribution in [2.45, 2.75) is 45.6 Å². The Hall–Kier alpha value is -0.890. The molecule has 1 aliphatic rings. The number of nitrogens with zero attached hydrogens (tertiary/aromatic N) is 2. The molecule has 0 aliphatic carbocycles. The van der Waals surface area contributed by atoms with Gasteiger partial charge in [-0.25, -0.2) is 0 Å². The standard InChI is InChI=1S/C14H22N2/c1-3-9-16-10-5-4-6-14(16)13-11-12(2)7-8-15-13/h7-8,11,14H,3-6,9-10H2,1-2H3. The van der Waals surface area contributed by atoms with Crippen molar-refractivity contribution in [3.8, 4) is 0 Å². The van der Waals surface area contributed by atoms with Crippen LogP contribution in [0.2, 0.25) is 0 Å². The van der Waals surface area contributed by atoms with E-state index in [1.165, 1.54) is 50.0 Å². The van der Waals surface area contributed by atoms with Crippen molar-refractivity contribution in [1.82, 2.24) is 9.88 Å². The minimum absolute atomic E-state index is 0.564. The normalized spacial score (nSPS) is 22.2. The SMILES string of the molecule is CCCN1CCCCC1c1cc(C)ccn1. The number of hydrogen-bond donors (Lipinski definition) is 0. The van der Waals surface area contributed by atoms with Crippen LogP contribution < -0.4 is 0 Å². The predicted molar refractivity (Wildman–Crippen MR) is 67.4 cm³/mol. The summed E-state index contributed by atoms with van der Waals surface area (Å²) >= 11 is 0. The van der Waals surface area contributed by atoms with Crippen LogP contribution >= 0.6 is 0 Å². The van der Waals surface area contributed by atoms with Crippen LogP contribution in [0.25, 0.3) is 0 Å². The molecule has 1 aromatic rings. The van der Waals surface area contributed by atoms with Crippen molar-refractivity contribution < 1.29 is 0 Å². The summed E-state index contributed by atoms with van der Waals surface area (Å²) in [5.74, 6) is 0. The molecular formula is C14H22N2. The topological polar surface area (TPSA) is 16.1 Å². The minimum Gasteiger partial charge on any atom is -0.295 e. The molecule has 1 atom stereocenters. The van der Waals surface area contributed by atoms with Crippen LogP contribution in [0.5, 0.6) is 0 Å². The highest BCUT2D eigenvalue weighted by Crippen LogP contribution is 2.29. The molecule has 0 bridgehead atoms. The lowest BCUT2D eigenvalue weighted by Crippen LogP contribution is -2.34. The van der Waals surface area contributed by atoms with Crippen molar-refractivity contribution in [2.75, 3.05) is 13.1 Å². The first-order valence-electron chi connectivity index (χ1n) is 6.48. The first-order valence-corrected chi connectivity index (χ1v) is 6.48. The summed E-state index contributed by atoms with van der Waals surface area (Å²) in [4.78, 5) is 7.16. The van der Waals surface area contributed by atoms with Gasteiger partial charge in [-0.2, -0.15) is 0 Å². The molecule has 88 valence electrons. The molecule has 2 heteroatoms. The molecule has 1 aliphatic heterocycles. The van der Waals surface area contributed by atoms with Crippen LogP contribution in [0.3, 0.4) is 0 Å². The van der Waals surface area contributed by atoms with E-state index < -0.39 is 0 Å². The Morgan fingerprint density at radius 3 is 3.06 bits per heavy atom. The third-order valence-corrected chi connectivity index (χ3v) is 3.40. The molecule has 0 saturated carbocycles. The lowest BCUT2D eigenvalue weighted by atomic mass is 9.98. The van der Waals surface area contributed by atoms with Gasteiger partial charge in [-0.1, -0.05) is 13.3 Å². The van der Waals surface area contributed by atoms with Gasteiger partial charge in [0, 0.05) is 6.20 Å². The summed E-state index contributed by atoms with van der Waals surface area (Å²) in [6.07, 6.45) is 7.16. The molecule has 2 heterocycles. The van der Waals surface area contributed by atoms with Crippen LogP contribution in [0.1, 0.15) is 49.9 Å². The van der Waals surface area contributed by atoms with Crippen molar-refractivity contribution in [3.05, 3.63) is 29.6 Å². The van der Waals surface area contributed by atoms with Gasteiger partial charge in [0.05, 0.1) is 11.7 Å². The molecule has 0 N–H and O–H groups in total. The molecule has 0 spiro atoms. The minimum atomic E-state index is 0.564. The lowest BCUT2D eigenvalue weighted by molar-refractivity contribution is 0.146. The lowest BCUT2D eigenvalue weighted by Gasteiger charge is -2.35. The molecule has 1 saturated heterocycles. The van der Waals surface area contributed by atoms with Gasteiger partial charge in [-0.05, 0) is 57.0 Å². The molecular weight excluding hydrogens is 196 g/mol. The van der Waals surface area contributed by atoms with Gasteiger partial charge in [0.1, 0.15) is 0 Å². The highest BCUT2D eigenvalue weighted by molar-refractivity contribution is 5.17. The second-order valence-electron chi connectivity index (χ2n) is 4.81. The summed E-state index contributed by atoms with van der Waals surface area (Å²) in [7, 11) is 0. The predicted octanol–water partition coefficient (Wildman–Crippen LogP) is 3.33. The Morgan fingerprint density at radius 1 is 1.44 bits per heavy atom. The molecule has 0 radical (unpaired) electrons. The van der Waals surface area contributed by atoms with Crippen molar-refractivity contribution in [2.24, 2.45) is 0 Å². The highest BCUT2D eigenvalue weighted by Gasteiger charge is 2.23. The van der Waals surface area contributed by atoms with Gasteiger partial charge in [-0.15, -0.1) is 0 Å². The molecule has 1 aromatic heterocycles. The number of likely N-dealkylation sites (tertiary alicyclic amines) is 1. The van der Waals surface area contributed by atoms with Gasteiger partial charge < -0.3 is 0 Å². The van der Waals surface area contributed by atoms with E-state index in [1.807, 2.05) is 6.20 Å². The molecule has 1 fully saturated rings. The van der Waals surface area contributed by atoms with Crippen LogP contribution in [0, 0.1) is 6.92 Å². The van der Waals surface area contributed by atoms with Crippen LogP contribution in [-0.2, 0) is 0 Å². The largest absolute Gasteiger partial charge is 0.295 e. The zero-order valence-corrected chi connectivity index (χ0v) is 10.4. The van der Waals surface area contributed by atoms with E-state index in [-0.39, 0.29) is 0 Å². The monoisotopic (exact) mass is 218 g/mol. The third kappa shape index (κ3) is 2.62. The number of aromatic nitrogens is 1. The Kier molecular flexibility index (Phi) is 3.94. The third-order valence-electron chi connectivity index (χ3n) is 3.40. The second-order valence-corrected chi connectivity index (χ2v) is 4.81. The van der Waals surface area contributed by atoms with Gasteiger partial charge >= 0.3 is 0 Å². The van der Waals surface area contributed by atoms with Crippen molar-refractivity contribution >= 4 is 0 Å². The van der Waals surface area contributed by atoms with E-state index in [1.54, 1.807) is 0 Å². The fourth-order valence-electron chi connectivity index (χ4n) is 2.62. The Labute approximate surface area is 98.7 Å². The Bertz CT molecular complexity index is 333. The van der Waals surface area contributed by atoms with Crippen LogP contribution in [0.15, 0.2) is 18.3 Å². The molecule has 2 rings (SSSR count). The van der Waals surface area contributed by atoms with Gasteiger partial charge in [0.2, 0.25) is 0 Å². The Balaban J connectivity index is 2.16. The van der Waals surface area contributed by atoms with Gasteiger partial charge in [0.25, 0.3) is 0 Å². The molecule has 2 nitrogen and oxygen atoms in total. The quantitative estimate of drug-likeness (QED) is 0.773. The van der Waals surface area contributed by atoms with E-state index in [4.69, 9.17) is 0 Å². The average molecular weight is 218 g/mol. The number of aryl methyl sites for hydroxylation is 1. The Morgan fingerprint density at radius 2 is 2.31 bits per heavy atom. The maximum Gasteiger partial charge on any atom is 0.0578 e. The zero-order valence-electron chi connectivity index (χ0n) is 10.4. The summed E-state index contributed by atoms with van der Waals surface area (Å²) in [6, 6.07) is 4.89.